The molecule has 0 radical (unpaired) electrons. The van der Waals surface area contributed by atoms with Gasteiger partial charge >= 0.3 is 5.97 Å². The Morgan fingerprint density at radius 2 is 1.47 bits per heavy atom. The first-order chi connectivity index (χ1) is 14.2. The molecule has 3 aromatic carbocycles. The predicted molar refractivity (Wildman–Crippen MR) is 111 cm³/mol. The number of benzene rings is 3. The minimum absolute atomic E-state index is 0.0274. The number of hydrogen-bond acceptors (Lipinski definition) is 6. The van der Waals surface area contributed by atoms with E-state index in [4.69, 9.17) is 4.74 Å². The quantitative estimate of drug-likeness (QED) is 0.319. The number of nitro groups is 1. The Labute approximate surface area is 174 Å². The van der Waals surface area contributed by atoms with Crippen LogP contribution in [0.15, 0.2) is 77.7 Å². The minimum Gasteiger partial charge on any atom is -0.457 e. The molecule has 0 atom stereocenters. The standard InChI is InChI=1S/C22H19NO6S/c1-16-2-12-21(13-3-16)30(27,28)15-18-4-8-19(9-5-18)22(24)29-14-17-6-10-20(11-7-17)23(25)26/h2-13H,14-15H2,1H3. The zero-order chi connectivity index (χ0) is 21.7. The molecule has 154 valence electrons. The molecular formula is C22H19NO6S. The fourth-order valence-electron chi connectivity index (χ4n) is 2.73. The van der Waals surface area contributed by atoms with E-state index in [9.17, 15) is 23.3 Å². The van der Waals surface area contributed by atoms with Crippen LogP contribution in [0.3, 0.4) is 0 Å². The molecule has 0 aromatic heterocycles. The molecule has 0 spiro atoms. The lowest BCUT2D eigenvalue weighted by molar-refractivity contribution is -0.384. The second-order valence-corrected chi connectivity index (χ2v) is 8.76. The molecule has 0 bridgehead atoms. The number of sulfone groups is 1. The summed E-state index contributed by atoms with van der Waals surface area (Å²) in [5.74, 6) is -0.741. The van der Waals surface area contributed by atoms with Crippen LogP contribution in [0.25, 0.3) is 0 Å². The molecule has 0 amide bonds. The zero-order valence-electron chi connectivity index (χ0n) is 16.1. The summed E-state index contributed by atoms with van der Waals surface area (Å²) in [6.07, 6.45) is 0. The van der Waals surface area contributed by atoms with Crippen LogP contribution in [0.4, 0.5) is 5.69 Å². The zero-order valence-corrected chi connectivity index (χ0v) is 17.0. The van der Waals surface area contributed by atoms with Gasteiger partial charge in [0, 0.05) is 12.1 Å². The maximum Gasteiger partial charge on any atom is 0.338 e. The molecule has 0 heterocycles. The lowest BCUT2D eigenvalue weighted by atomic mass is 10.1. The van der Waals surface area contributed by atoms with Gasteiger partial charge in [0.15, 0.2) is 9.84 Å². The number of carbonyl (C=O) groups excluding carboxylic acids is 1. The number of rotatable bonds is 7. The number of nitro benzene ring substituents is 1. The summed E-state index contributed by atoms with van der Waals surface area (Å²) < 4.78 is 30.3. The Hall–Kier alpha value is -3.52. The van der Waals surface area contributed by atoms with E-state index < -0.39 is 20.7 Å². The van der Waals surface area contributed by atoms with E-state index in [0.29, 0.717) is 11.1 Å². The summed E-state index contributed by atoms with van der Waals surface area (Å²) in [5.41, 5.74) is 2.40. The first-order valence-electron chi connectivity index (χ1n) is 9.03. The maximum absolute atomic E-state index is 12.5. The molecule has 0 aliphatic carbocycles. The van der Waals surface area contributed by atoms with Gasteiger partial charge in [0.1, 0.15) is 6.61 Å². The van der Waals surface area contributed by atoms with Gasteiger partial charge in [0.05, 0.1) is 21.1 Å². The molecule has 0 unspecified atom stereocenters. The normalized spacial score (nSPS) is 11.1. The van der Waals surface area contributed by atoms with Crippen LogP contribution in [0, 0.1) is 17.0 Å². The Balaban J connectivity index is 1.61. The fourth-order valence-corrected chi connectivity index (χ4v) is 4.08. The highest BCUT2D eigenvalue weighted by Crippen LogP contribution is 2.18. The van der Waals surface area contributed by atoms with Gasteiger partial charge in [-0.3, -0.25) is 10.1 Å². The van der Waals surface area contributed by atoms with Crippen molar-refractivity contribution in [2.45, 2.75) is 24.2 Å². The third-order valence-electron chi connectivity index (χ3n) is 4.44. The number of aryl methyl sites for hydroxylation is 1. The van der Waals surface area contributed by atoms with E-state index in [-0.39, 0.29) is 28.5 Å². The SMILES string of the molecule is Cc1ccc(S(=O)(=O)Cc2ccc(C(=O)OCc3ccc([N+](=O)[O-])cc3)cc2)cc1. The van der Waals surface area contributed by atoms with Crippen LogP contribution in [0.1, 0.15) is 27.0 Å². The van der Waals surface area contributed by atoms with E-state index >= 15 is 0 Å². The van der Waals surface area contributed by atoms with Gasteiger partial charge in [-0.05, 0) is 54.4 Å². The van der Waals surface area contributed by atoms with Crippen molar-refractivity contribution in [1.29, 1.82) is 0 Å². The highest BCUT2D eigenvalue weighted by atomic mass is 32.2. The average Bonchev–Trinajstić information content (AvgIpc) is 2.73. The van der Waals surface area contributed by atoms with Crippen LogP contribution < -0.4 is 0 Å². The molecule has 0 saturated carbocycles. The average molecular weight is 425 g/mol. The van der Waals surface area contributed by atoms with Crippen molar-refractivity contribution in [2.75, 3.05) is 0 Å². The van der Waals surface area contributed by atoms with Crippen LogP contribution in [0.2, 0.25) is 0 Å². The third kappa shape index (κ3) is 5.30. The Morgan fingerprint density at radius 3 is 2.03 bits per heavy atom. The largest absolute Gasteiger partial charge is 0.457 e. The Bertz CT molecular complexity index is 1150. The minimum atomic E-state index is -3.48. The molecule has 3 rings (SSSR count). The molecule has 8 heteroatoms. The highest BCUT2D eigenvalue weighted by molar-refractivity contribution is 7.90. The van der Waals surface area contributed by atoms with Crippen molar-refractivity contribution in [3.05, 3.63) is 105 Å². The Kier molecular flexibility index (Phi) is 6.27. The van der Waals surface area contributed by atoms with Crippen molar-refractivity contribution in [1.82, 2.24) is 0 Å². The van der Waals surface area contributed by atoms with Gasteiger partial charge in [0.25, 0.3) is 5.69 Å². The van der Waals surface area contributed by atoms with E-state index in [1.165, 1.54) is 36.4 Å². The van der Waals surface area contributed by atoms with E-state index in [2.05, 4.69) is 0 Å². The molecular weight excluding hydrogens is 406 g/mol. The molecule has 3 aromatic rings. The number of carbonyl (C=O) groups is 1. The second kappa shape index (κ2) is 8.87. The summed E-state index contributed by atoms with van der Waals surface area (Å²) >= 11 is 0. The molecule has 0 fully saturated rings. The van der Waals surface area contributed by atoms with Crippen LogP contribution in [-0.2, 0) is 26.9 Å². The van der Waals surface area contributed by atoms with E-state index in [0.717, 1.165) is 5.56 Å². The molecule has 0 saturated heterocycles. The molecule has 30 heavy (non-hydrogen) atoms. The lowest BCUT2D eigenvalue weighted by Gasteiger charge is -2.07. The molecule has 0 aliphatic heterocycles. The van der Waals surface area contributed by atoms with Crippen LogP contribution in [0.5, 0.6) is 0 Å². The lowest BCUT2D eigenvalue weighted by Crippen LogP contribution is -2.07. The van der Waals surface area contributed by atoms with Crippen molar-refractivity contribution in [3.8, 4) is 0 Å². The summed E-state index contributed by atoms with van der Waals surface area (Å²) in [6.45, 7) is 1.86. The highest BCUT2D eigenvalue weighted by Gasteiger charge is 2.16. The maximum atomic E-state index is 12.5. The monoisotopic (exact) mass is 425 g/mol. The molecule has 0 aliphatic rings. The van der Waals surface area contributed by atoms with E-state index in [1.54, 1.807) is 36.4 Å². The number of non-ortho nitro benzene ring substituents is 1. The molecule has 0 N–H and O–H groups in total. The second-order valence-electron chi connectivity index (χ2n) is 6.77. The number of hydrogen-bond donors (Lipinski definition) is 0. The summed E-state index contributed by atoms with van der Waals surface area (Å²) in [7, 11) is -3.48. The molecule has 7 nitrogen and oxygen atoms in total. The van der Waals surface area contributed by atoms with Gasteiger partial charge in [-0.1, -0.05) is 29.8 Å². The van der Waals surface area contributed by atoms with Crippen molar-refractivity contribution >= 4 is 21.5 Å². The van der Waals surface area contributed by atoms with E-state index in [1.807, 2.05) is 6.92 Å². The smallest absolute Gasteiger partial charge is 0.338 e. The third-order valence-corrected chi connectivity index (χ3v) is 6.15. The van der Waals surface area contributed by atoms with Crippen molar-refractivity contribution in [3.63, 3.8) is 0 Å². The van der Waals surface area contributed by atoms with Gasteiger partial charge in [-0.25, -0.2) is 13.2 Å². The predicted octanol–water partition coefficient (Wildman–Crippen LogP) is 4.23. The van der Waals surface area contributed by atoms with Crippen molar-refractivity contribution in [2.24, 2.45) is 0 Å². The van der Waals surface area contributed by atoms with Gasteiger partial charge in [-0.15, -0.1) is 0 Å². The fraction of sp³-hybridized carbons (Fsp3) is 0.136. The van der Waals surface area contributed by atoms with Gasteiger partial charge < -0.3 is 4.74 Å². The van der Waals surface area contributed by atoms with Crippen LogP contribution in [-0.4, -0.2) is 19.3 Å². The summed E-state index contributed by atoms with van der Waals surface area (Å²) in [5, 5.41) is 10.7. The van der Waals surface area contributed by atoms with Crippen molar-refractivity contribution < 1.29 is 22.9 Å². The number of nitrogens with zero attached hydrogens (tertiary/aromatic N) is 1. The van der Waals surface area contributed by atoms with Gasteiger partial charge in [-0.2, -0.15) is 0 Å². The number of ether oxygens (including phenoxy) is 1. The van der Waals surface area contributed by atoms with Crippen LogP contribution >= 0.6 is 0 Å². The summed E-state index contributed by atoms with van der Waals surface area (Å²) in [4.78, 5) is 22.6. The first kappa shape index (κ1) is 21.2. The Morgan fingerprint density at radius 1 is 0.900 bits per heavy atom. The van der Waals surface area contributed by atoms with Gasteiger partial charge in [0.2, 0.25) is 0 Å². The number of esters is 1. The topological polar surface area (TPSA) is 104 Å². The summed E-state index contributed by atoms with van der Waals surface area (Å²) in [6, 6.07) is 18.5. The first-order valence-corrected chi connectivity index (χ1v) is 10.7.